The molecule has 0 aromatic heterocycles. The summed E-state index contributed by atoms with van der Waals surface area (Å²) in [5.41, 5.74) is 4.91. The van der Waals surface area contributed by atoms with Crippen molar-refractivity contribution in [3.05, 3.63) is 70.8 Å². The first-order chi connectivity index (χ1) is 14.3. The van der Waals surface area contributed by atoms with Crippen molar-refractivity contribution in [1.82, 2.24) is 0 Å². The van der Waals surface area contributed by atoms with Crippen molar-refractivity contribution in [2.45, 2.75) is 63.6 Å². The maximum atomic E-state index is 9.30. The Morgan fingerprint density at radius 1 is 0.655 bits per heavy atom. The van der Waals surface area contributed by atoms with Crippen LogP contribution in [0.4, 0.5) is 0 Å². The lowest BCUT2D eigenvalue weighted by molar-refractivity contribution is 0.107. The molecule has 2 aliphatic rings. The molecule has 29 heavy (non-hydrogen) atoms. The largest absolute Gasteiger partial charge is 0.372 e. The number of hydrogen-bond acceptors (Lipinski definition) is 3. The Bertz CT molecular complexity index is 813. The first-order valence-electron chi connectivity index (χ1n) is 10.8. The fourth-order valence-electron chi connectivity index (χ4n) is 5.04. The second-order valence-corrected chi connectivity index (χ2v) is 8.52. The normalized spacial score (nSPS) is 26.1. The van der Waals surface area contributed by atoms with E-state index in [0.717, 1.165) is 38.5 Å². The average Bonchev–Trinajstić information content (AvgIpc) is 3.44. The Morgan fingerprint density at radius 3 is 1.45 bits per heavy atom. The van der Waals surface area contributed by atoms with Crippen LogP contribution >= 0.6 is 0 Å². The molecule has 2 aromatic carbocycles. The van der Waals surface area contributed by atoms with Crippen LogP contribution in [0, 0.1) is 34.5 Å². The second kappa shape index (κ2) is 9.25. The zero-order valence-electron chi connectivity index (χ0n) is 16.9. The van der Waals surface area contributed by atoms with Crippen molar-refractivity contribution in [2.75, 3.05) is 0 Å². The first-order valence-corrected chi connectivity index (χ1v) is 10.8. The van der Waals surface area contributed by atoms with E-state index in [9.17, 15) is 10.5 Å². The summed E-state index contributed by atoms with van der Waals surface area (Å²) < 4.78 is 5.92. The van der Waals surface area contributed by atoms with Gasteiger partial charge in [-0.25, -0.2) is 0 Å². The molecule has 2 fully saturated rings. The van der Waals surface area contributed by atoms with Crippen LogP contribution in [0.3, 0.4) is 0 Å². The Kier molecular flexibility index (Phi) is 6.28. The van der Waals surface area contributed by atoms with Gasteiger partial charge in [0, 0.05) is 0 Å². The van der Waals surface area contributed by atoms with Gasteiger partial charge in [0.25, 0.3) is 0 Å². The molecule has 0 heterocycles. The highest BCUT2D eigenvalue weighted by Crippen LogP contribution is 2.40. The molecular formula is C26H28N2O. The number of nitriles is 2. The molecule has 148 valence electrons. The molecule has 0 N–H and O–H groups in total. The van der Waals surface area contributed by atoms with E-state index in [1.807, 2.05) is 0 Å². The zero-order valence-corrected chi connectivity index (χ0v) is 16.9. The first kappa shape index (κ1) is 19.7. The van der Waals surface area contributed by atoms with E-state index in [4.69, 9.17) is 4.74 Å². The van der Waals surface area contributed by atoms with Gasteiger partial charge in [0.1, 0.15) is 0 Å². The van der Waals surface area contributed by atoms with Crippen LogP contribution in [0.15, 0.2) is 48.5 Å². The number of benzene rings is 2. The van der Waals surface area contributed by atoms with Gasteiger partial charge in [-0.1, -0.05) is 61.4 Å². The second-order valence-electron chi connectivity index (χ2n) is 8.52. The summed E-state index contributed by atoms with van der Waals surface area (Å²) in [6.07, 6.45) is 6.63. The van der Waals surface area contributed by atoms with E-state index in [-0.39, 0.29) is 11.8 Å². The molecule has 4 rings (SSSR count). The third-order valence-corrected chi connectivity index (χ3v) is 6.72. The van der Waals surface area contributed by atoms with Gasteiger partial charge in [-0.05, 0) is 59.8 Å². The molecule has 2 aromatic rings. The SMILES string of the molecule is N#CC1CCCC1c1ccc(COCc2ccc(C3CCCC3C#N)cc2)cc1. The van der Waals surface area contributed by atoms with Crippen LogP contribution in [0.2, 0.25) is 0 Å². The Labute approximate surface area is 173 Å². The van der Waals surface area contributed by atoms with Gasteiger partial charge in [-0.2, -0.15) is 10.5 Å². The lowest BCUT2D eigenvalue weighted by Gasteiger charge is -2.15. The third kappa shape index (κ3) is 4.52. The minimum Gasteiger partial charge on any atom is -0.372 e. The predicted molar refractivity (Wildman–Crippen MR) is 113 cm³/mol. The summed E-state index contributed by atoms with van der Waals surface area (Å²) >= 11 is 0. The Hall–Kier alpha value is -2.62. The monoisotopic (exact) mass is 384 g/mol. The van der Waals surface area contributed by atoms with Crippen molar-refractivity contribution in [1.29, 1.82) is 10.5 Å². The Balaban J connectivity index is 1.28. The molecular weight excluding hydrogens is 356 g/mol. The van der Waals surface area contributed by atoms with Gasteiger partial charge in [0.2, 0.25) is 0 Å². The van der Waals surface area contributed by atoms with E-state index >= 15 is 0 Å². The fraction of sp³-hybridized carbons (Fsp3) is 0.462. The molecule has 0 spiro atoms. The van der Waals surface area contributed by atoms with Crippen molar-refractivity contribution in [2.24, 2.45) is 11.8 Å². The number of ether oxygens (including phenoxy) is 1. The maximum absolute atomic E-state index is 9.30. The molecule has 4 atom stereocenters. The molecule has 2 aliphatic carbocycles. The summed E-state index contributed by atoms with van der Waals surface area (Å²) in [5.74, 6) is 1.14. The van der Waals surface area contributed by atoms with E-state index in [1.54, 1.807) is 0 Å². The minimum absolute atomic E-state index is 0.174. The Morgan fingerprint density at radius 2 is 1.07 bits per heavy atom. The van der Waals surface area contributed by atoms with Gasteiger partial charge in [-0.3, -0.25) is 0 Å². The van der Waals surface area contributed by atoms with Crippen LogP contribution in [0.5, 0.6) is 0 Å². The zero-order chi connectivity index (χ0) is 20.1. The standard InChI is InChI=1S/C26H28N2O/c27-15-23-3-1-5-25(23)21-11-7-19(8-12-21)17-29-18-20-9-13-22(14-10-20)26-6-2-4-24(26)16-28/h7-14,23-26H,1-6,17-18H2. The summed E-state index contributed by atoms with van der Waals surface area (Å²) in [6, 6.07) is 22.1. The highest BCUT2D eigenvalue weighted by Gasteiger charge is 2.29. The highest BCUT2D eigenvalue weighted by molar-refractivity contribution is 5.29. The van der Waals surface area contributed by atoms with E-state index in [2.05, 4.69) is 60.7 Å². The van der Waals surface area contributed by atoms with Gasteiger partial charge in [-0.15, -0.1) is 0 Å². The van der Waals surface area contributed by atoms with Crippen LogP contribution in [0.1, 0.15) is 72.6 Å². The van der Waals surface area contributed by atoms with Gasteiger partial charge < -0.3 is 4.74 Å². The van der Waals surface area contributed by atoms with Crippen molar-refractivity contribution < 1.29 is 4.74 Å². The topological polar surface area (TPSA) is 56.8 Å². The fourth-order valence-corrected chi connectivity index (χ4v) is 5.04. The van der Waals surface area contributed by atoms with Crippen molar-refractivity contribution in [3.8, 4) is 12.1 Å². The molecule has 4 unspecified atom stereocenters. The van der Waals surface area contributed by atoms with Crippen molar-refractivity contribution in [3.63, 3.8) is 0 Å². The predicted octanol–water partition coefficient (Wildman–Crippen LogP) is 6.22. The number of hydrogen-bond donors (Lipinski definition) is 0. The number of nitrogens with zero attached hydrogens (tertiary/aromatic N) is 2. The third-order valence-electron chi connectivity index (χ3n) is 6.72. The van der Waals surface area contributed by atoms with Crippen LogP contribution in [-0.2, 0) is 18.0 Å². The molecule has 0 aliphatic heterocycles. The summed E-state index contributed by atoms with van der Waals surface area (Å²) in [5, 5.41) is 18.6. The van der Waals surface area contributed by atoms with E-state index in [1.165, 1.54) is 22.3 Å². The number of rotatable bonds is 6. The molecule has 0 radical (unpaired) electrons. The molecule has 0 saturated heterocycles. The highest BCUT2D eigenvalue weighted by atomic mass is 16.5. The molecule has 2 saturated carbocycles. The quantitative estimate of drug-likeness (QED) is 0.594. The molecule has 3 heteroatoms. The van der Waals surface area contributed by atoms with Crippen LogP contribution in [-0.4, -0.2) is 0 Å². The summed E-state index contributed by atoms with van der Waals surface area (Å²) in [6.45, 7) is 1.18. The van der Waals surface area contributed by atoms with Crippen LogP contribution < -0.4 is 0 Å². The van der Waals surface area contributed by atoms with Gasteiger partial charge in [0.15, 0.2) is 0 Å². The molecule has 0 bridgehead atoms. The van der Waals surface area contributed by atoms with E-state index < -0.39 is 0 Å². The molecule has 0 amide bonds. The van der Waals surface area contributed by atoms with Gasteiger partial charge in [0.05, 0.1) is 37.2 Å². The summed E-state index contributed by atoms with van der Waals surface area (Å²) in [7, 11) is 0. The van der Waals surface area contributed by atoms with Crippen molar-refractivity contribution >= 4 is 0 Å². The minimum atomic E-state index is 0.174. The average molecular weight is 385 g/mol. The lowest BCUT2D eigenvalue weighted by Crippen LogP contribution is -2.04. The smallest absolute Gasteiger partial charge is 0.0721 e. The lowest BCUT2D eigenvalue weighted by atomic mass is 9.89. The molecule has 3 nitrogen and oxygen atoms in total. The van der Waals surface area contributed by atoms with Crippen LogP contribution in [0.25, 0.3) is 0 Å². The summed E-state index contributed by atoms with van der Waals surface area (Å²) in [4.78, 5) is 0. The van der Waals surface area contributed by atoms with Gasteiger partial charge >= 0.3 is 0 Å². The maximum Gasteiger partial charge on any atom is 0.0721 e. The van der Waals surface area contributed by atoms with E-state index in [0.29, 0.717) is 25.0 Å².